The van der Waals surface area contributed by atoms with Crippen LogP contribution in [0, 0.1) is 6.92 Å². The number of aromatic nitrogens is 2. The number of para-hydroxylation sites is 2. The van der Waals surface area contributed by atoms with E-state index in [1.165, 1.54) is 0 Å². The van der Waals surface area contributed by atoms with Crippen LogP contribution in [-0.4, -0.2) is 16.2 Å². The van der Waals surface area contributed by atoms with Crippen molar-refractivity contribution < 1.29 is 9.15 Å². The highest BCUT2D eigenvalue weighted by molar-refractivity contribution is 6.31. The Morgan fingerprint density at radius 3 is 2.82 bits per heavy atom. The number of furan rings is 1. The zero-order chi connectivity index (χ0) is 19.3. The van der Waals surface area contributed by atoms with Crippen molar-refractivity contribution in [2.24, 2.45) is 0 Å². The number of fused-ring (bicyclic) bond motifs is 1. The van der Waals surface area contributed by atoms with Gasteiger partial charge in [0.15, 0.2) is 0 Å². The smallest absolute Gasteiger partial charge is 0.133 e. The molecule has 4 rings (SSSR count). The zero-order valence-electron chi connectivity index (χ0n) is 15.6. The number of nitrogens with zero attached hydrogens (tertiary/aromatic N) is 2. The average molecular weight is 393 g/mol. The molecule has 4 aromatic rings. The summed E-state index contributed by atoms with van der Waals surface area (Å²) in [7, 11) is 0. The molecule has 0 fully saturated rings. The molecule has 5 heteroatoms. The van der Waals surface area contributed by atoms with Crippen molar-refractivity contribution in [1.29, 1.82) is 0 Å². The standard InChI is InChI=1S/C23H21ClN2O2/c1-17-16-19(9-11-20(17)24)28-15-5-13-26-22-8-3-2-7-21(22)25-23(26)12-10-18-6-4-14-27-18/h2-4,6-12,14,16H,5,13,15H2,1H3/b12-10+. The Morgan fingerprint density at radius 2 is 2.00 bits per heavy atom. The van der Waals surface area contributed by atoms with Crippen LogP contribution in [0.2, 0.25) is 5.02 Å². The fourth-order valence-electron chi connectivity index (χ4n) is 3.12. The highest BCUT2D eigenvalue weighted by Gasteiger charge is 2.08. The number of ether oxygens (including phenoxy) is 1. The van der Waals surface area contributed by atoms with Crippen LogP contribution in [0.4, 0.5) is 0 Å². The van der Waals surface area contributed by atoms with Crippen molar-refractivity contribution in [2.45, 2.75) is 19.9 Å². The number of rotatable bonds is 7. The van der Waals surface area contributed by atoms with Crippen LogP contribution < -0.4 is 4.74 Å². The van der Waals surface area contributed by atoms with Gasteiger partial charge in [-0.1, -0.05) is 23.7 Å². The third kappa shape index (κ3) is 4.12. The minimum atomic E-state index is 0.620. The molecule has 0 radical (unpaired) electrons. The number of hydrogen-bond acceptors (Lipinski definition) is 3. The minimum Gasteiger partial charge on any atom is -0.494 e. The van der Waals surface area contributed by atoms with E-state index >= 15 is 0 Å². The van der Waals surface area contributed by atoms with E-state index in [4.69, 9.17) is 25.7 Å². The monoisotopic (exact) mass is 392 g/mol. The summed E-state index contributed by atoms with van der Waals surface area (Å²) in [4.78, 5) is 4.75. The molecule has 0 saturated carbocycles. The van der Waals surface area contributed by atoms with Gasteiger partial charge in [0.05, 0.1) is 23.9 Å². The maximum atomic E-state index is 6.07. The molecule has 0 bridgehead atoms. The summed E-state index contributed by atoms with van der Waals surface area (Å²) < 4.78 is 13.5. The topological polar surface area (TPSA) is 40.2 Å². The third-order valence-electron chi connectivity index (χ3n) is 4.55. The van der Waals surface area contributed by atoms with Gasteiger partial charge in [-0.15, -0.1) is 0 Å². The highest BCUT2D eigenvalue weighted by Crippen LogP contribution is 2.22. The molecule has 0 aliphatic heterocycles. The first-order chi connectivity index (χ1) is 13.7. The van der Waals surface area contributed by atoms with Gasteiger partial charge in [0.25, 0.3) is 0 Å². The molecule has 0 saturated heterocycles. The lowest BCUT2D eigenvalue weighted by atomic mass is 10.2. The fraction of sp³-hybridized carbons (Fsp3) is 0.174. The summed E-state index contributed by atoms with van der Waals surface area (Å²) in [5, 5.41) is 0.755. The average Bonchev–Trinajstić information content (AvgIpc) is 3.34. The maximum Gasteiger partial charge on any atom is 0.133 e. The van der Waals surface area contributed by atoms with Gasteiger partial charge in [-0.2, -0.15) is 0 Å². The van der Waals surface area contributed by atoms with Gasteiger partial charge in [0, 0.05) is 11.6 Å². The maximum absolute atomic E-state index is 6.07. The zero-order valence-corrected chi connectivity index (χ0v) is 16.4. The summed E-state index contributed by atoms with van der Waals surface area (Å²) in [6.45, 7) is 3.41. The molecule has 28 heavy (non-hydrogen) atoms. The largest absolute Gasteiger partial charge is 0.494 e. The van der Waals surface area contributed by atoms with Crippen molar-refractivity contribution in [3.8, 4) is 5.75 Å². The molecule has 2 aromatic heterocycles. The van der Waals surface area contributed by atoms with Gasteiger partial charge >= 0.3 is 0 Å². The van der Waals surface area contributed by atoms with Crippen LogP contribution in [0.5, 0.6) is 5.75 Å². The van der Waals surface area contributed by atoms with Gasteiger partial charge in [-0.25, -0.2) is 4.98 Å². The van der Waals surface area contributed by atoms with Crippen molar-refractivity contribution >= 4 is 34.8 Å². The molecule has 0 amide bonds. The van der Waals surface area contributed by atoms with Crippen LogP contribution in [0.15, 0.2) is 65.3 Å². The Hall–Kier alpha value is -2.98. The van der Waals surface area contributed by atoms with E-state index in [0.717, 1.165) is 51.9 Å². The second-order valence-corrected chi connectivity index (χ2v) is 6.98. The van der Waals surface area contributed by atoms with E-state index in [-0.39, 0.29) is 0 Å². The van der Waals surface area contributed by atoms with Crippen LogP contribution in [0.25, 0.3) is 23.2 Å². The Kier molecular flexibility index (Phi) is 5.49. The van der Waals surface area contributed by atoms with Crippen LogP contribution >= 0.6 is 11.6 Å². The molecule has 4 nitrogen and oxygen atoms in total. The molecule has 2 aromatic carbocycles. The number of benzene rings is 2. The lowest BCUT2D eigenvalue weighted by Crippen LogP contribution is -2.06. The van der Waals surface area contributed by atoms with Crippen molar-refractivity contribution in [3.63, 3.8) is 0 Å². The number of aryl methyl sites for hydroxylation is 2. The fourth-order valence-corrected chi connectivity index (χ4v) is 3.24. The summed E-state index contributed by atoms with van der Waals surface area (Å²) in [5.41, 5.74) is 3.12. The van der Waals surface area contributed by atoms with Crippen LogP contribution in [0.1, 0.15) is 23.6 Å². The first-order valence-corrected chi connectivity index (χ1v) is 9.64. The van der Waals surface area contributed by atoms with Crippen LogP contribution in [-0.2, 0) is 6.54 Å². The number of halogens is 1. The Labute approximate surface area is 169 Å². The lowest BCUT2D eigenvalue weighted by molar-refractivity contribution is 0.302. The van der Waals surface area contributed by atoms with E-state index in [9.17, 15) is 0 Å². The van der Waals surface area contributed by atoms with E-state index in [0.29, 0.717) is 6.61 Å². The molecule has 0 spiro atoms. The normalized spacial score (nSPS) is 11.5. The molecular formula is C23H21ClN2O2. The van der Waals surface area contributed by atoms with Gasteiger partial charge in [-0.3, -0.25) is 0 Å². The molecule has 0 atom stereocenters. The SMILES string of the molecule is Cc1cc(OCCCn2c(/C=C/c3ccco3)nc3ccccc32)ccc1Cl. The quantitative estimate of drug-likeness (QED) is 0.350. The van der Waals surface area contributed by atoms with Gasteiger partial charge in [0.2, 0.25) is 0 Å². The molecular weight excluding hydrogens is 372 g/mol. The predicted octanol–water partition coefficient (Wildman–Crippen LogP) is 6.23. The molecule has 0 N–H and O–H groups in total. The summed E-state index contributed by atoms with van der Waals surface area (Å²) in [6.07, 6.45) is 6.45. The first kappa shape index (κ1) is 18.4. The van der Waals surface area contributed by atoms with Crippen molar-refractivity contribution in [3.05, 3.63) is 83.0 Å². The third-order valence-corrected chi connectivity index (χ3v) is 4.97. The van der Waals surface area contributed by atoms with Crippen molar-refractivity contribution in [1.82, 2.24) is 9.55 Å². The number of imidazole rings is 1. The summed E-state index contributed by atoms with van der Waals surface area (Å²) in [5.74, 6) is 2.55. The second kappa shape index (κ2) is 8.36. The second-order valence-electron chi connectivity index (χ2n) is 6.57. The number of hydrogen-bond donors (Lipinski definition) is 0. The van der Waals surface area contributed by atoms with Crippen molar-refractivity contribution in [2.75, 3.05) is 6.61 Å². The Morgan fingerprint density at radius 1 is 1.11 bits per heavy atom. The Balaban J connectivity index is 1.47. The van der Waals surface area contributed by atoms with E-state index < -0.39 is 0 Å². The highest BCUT2D eigenvalue weighted by atomic mass is 35.5. The lowest BCUT2D eigenvalue weighted by Gasteiger charge is -2.10. The molecule has 0 unspecified atom stereocenters. The van der Waals surface area contributed by atoms with Gasteiger partial charge < -0.3 is 13.7 Å². The molecule has 0 aliphatic carbocycles. The first-order valence-electron chi connectivity index (χ1n) is 9.26. The Bertz CT molecular complexity index is 1100. The van der Waals surface area contributed by atoms with E-state index in [1.54, 1.807) is 6.26 Å². The van der Waals surface area contributed by atoms with Gasteiger partial charge in [0.1, 0.15) is 17.3 Å². The van der Waals surface area contributed by atoms with E-state index in [1.807, 2.05) is 67.6 Å². The predicted molar refractivity (Wildman–Crippen MR) is 114 cm³/mol. The van der Waals surface area contributed by atoms with Gasteiger partial charge in [-0.05, 0) is 73.5 Å². The van der Waals surface area contributed by atoms with Crippen LogP contribution in [0.3, 0.4) is 0 Å². The molecule has 142 valence electrons. The molecule has 2 heterocycles. The summed E-state index contributed by atoms with van der Waals surface area (Å²) >= 11 is 6.07. The summed E-state index contributed by atoms with van der Waals surface area (Å²) in [6, 6.07) is 17.7. The van der Waals surface area contributed by atoms with E-state index in [2.05, 4.69) is 10.6 Å². The minimum absolute atomic E-state index is 0.620. The molecule has 0 aliphatic rings.